The molecule has 0 saturated heterocycles. The van der Waals surface area contributed by atoms with E-state index < -0.39 is 0 Å². The number of carbonyl (C=O) groups is 1. The summed E-state index contributed by atoms with van der Waals surface area (Å²) < 4.78 is 1.93. The number of benzene rings is 1. The number of hydrogen-bond donors (Lipinski definition) is 3. The largest absolute Gasteiger partial charge is 0.351 e. The average molecular weight is 345 g/mol. The summed E-state index contributed by atoms with van der Waals surface area (Å²) in [5, 5.41) is 16.4. The van der Waals surface area contributed by atoms with Gasteiger partial charge in [0.05, 0.1) is 17.2 Å². The number of amides is 1. The third-order valence-corrected chi connectivity index (χ3v) is 4.56. The Morgan fingerprint density at radius 2 is 2.08 bits per heavy atom. The molecule has 2 aromatic heterocycles. The minimum absolute atomic E-state index is 0.127. The first-order chi connectivity index (χ1) is 11.8. The van der Waals surface area contributed by atoms with E-state index in [0.717, 1.165) is 59.8 Å². The molecular weight excluding hydrogens is 322 g/mol. The Morgan fingerprint density at radius 3 is 2.88 bits per heavy atom. The molecule has 0 unspecified atom stereocenters. The van der Waals surface area contributed by atoms with Crippen LogP contribution in [0.2, 0.25) is 0 Å². The zero-order valence-corrected chi connectivity index (χ0v) is 14.8. The van der Waals surface area contributed by atoms with Gasteiger partial charge in [0.25, 0.3) is 5.91 Å². The fraction of sp³-hybridized carbons (Fsp3) is 0.471. The van der Waals surface area contributed by atoms with E-state index in [1.165, 1.54) is 0 Å². The van der Waals surface area contributed by atoms with Gasteiger partial charge in [0, 0.05) is 23.9 Å². The second kappa shape index (κ2) is 7.70. The van der Waals surface area contributed by atoms with Crippen LogP contribution in [0.15, 0.2) is 18.3 Å². The molecule has 1 amide bonds. The van der Waals surface area contributed by atoms with Crippen molar-refractivity contribution in [3.63, 3.8) is 0 Å². The zero-order valence-electron chi connectivity index (χ0n) is 13.9. The van der Waals surface area contributed by atoms with Crippen molar-refractivity contribution < 1.29 is 4.79 Å². The smallest absolute Gasteiger partial charge is 0.272 e. The van der Waals surface area contributed by atoms with Gasteiger partial charge in [0.1, 0.15) is 0 Å². The minimum atomic E-state index is -0.127. The van der Waals surface area contributed by atoms with E-state index in [2.05, 4.69) is 40.2 Å². The first kappa shape index (κ1) is 16.8. The highest BCUT2D eigenvalue weighted by atomic mass is 32.1. The molecule has 3 rings (SSSR count). The Balaban J connectivity index is 1.72. The monoisotopic (exact) mass is 345 g/mol. The molecule has 0 radical (unpaired) electrons. The number of fused-ring (bicyclic) bond motifs is 3. The van der Waals surface area contributed by atoms with Crippen LogP contribution in [0.25, 0.3) is 21.8 Å². The lowest BCUT2D eigenvalue weighted by atomic mass is 10.1. The van der Waals surface area contributed by atoms with Crippen LogP contribution in [-0.4, -0.2) is 38.2 Å². The molecule has 0 aliphatic rings. The fourth-order valence-electron chi connectivity index (χ4n) is 2.94. The summed E-state index contributed by atoms with van der Waals surface area (Å²) in [6.07, 6.45) is 6.20. The predicted molar refractivity (Wildman–Crippen MR) is 99.7 cm³/mol. The standard InChI is InChI=1S/C17H23N5OS/c1-2-22-14-8-7-12-15(13(14)11-19-22)20-21-16(12)17(23)18-9-5-3-4-6-10-24/h7-8,11,24H,2-6,9-10H2,1H3,(H,18,23)(H,20,21). The summed E-state index contributed by atoms with van der Waals surface area (Å²) >= 11 is 4.20. The van der Waals surface area contributed by atoms with Crippen molar-refractivity contribution in [2.24, 2.45) is 0 Å². The van der Waals surface area contributed by atoms with Gasteiger partial charge in [-0.2, -0.15) is 22.8 Å². The normalized spacial score (nSPS) is 11.4. The number of thiol groups is 1. The van der Waals surface area contributed by atoms with Gasteiger partial charge in [-0.1, -0.05) is 12.8 Å². The molecule has 0 atom stereocenters. The number of aromatic amines is 1. The average Bonchev–Trinajstić information content (AvgIpc) is 3.20. The van der Waals surface area contributed by atoms with Crippen molar-refractivity contribution in [1.82, 2.24) is 25.3 Å². The van der Waals surface area contributed by atoms with E-state index in [0.29, 0.717) is 12.2 Å². The van der Waals surface area contributed by atoms with Gasteiger partial charge < -0.3 is 5.32 Å². The van der Waals surface area contributed by atoms with Crippen LogP contribution in [-0.2, 0) is 6.54 Å². The molecular formula is C17H23N5OS. The number of nitrogens with zero attached hydrogens (tertiary/aromatic N) is 3. The Hall–Kier alpha value is -2.02. The van der Waals surface area contributed by atoms with Gasteiger partial charge in [-0.05, 0) is 37.7 Å². The third kappa shape index (κ3) is 3.26. The fourth-order valence-corrected chi connectivity index (χ4v) is 3.17. The molecule has 2 heterocycles. The lowest BCUT2D eigenvalue weighted by Crippen LogP contribution is -2.25. The maximum absolute atomic E-state index is 12.4. The van der Waals surface area contributed by atoms with Crippen LogP contribution in [0, 0.1) is 0 Å². The molecule has 2 N–H and O–H groups in total. The highest BCUT2D eigenvalue weighted by molar-refractivity contribution is 7.80. The Bertz CT molecular complexity index is 838. The van der Waals surface area contributed by atoms with E-state index in [9.17, 15) is 4.79 Å². The molecule has 1 aromatic carbocycles. The first-order valence-corrected chi connectivity index (χ1v) is 9.11. The summed E-state index contributed by atoms with van der Waals surface area (Å²) in [6, 6.07) is 3.94. The number of aromatic nitrogens is 4. The highest BCUT2D eigenvalue weighted by Gasteiger charge is 2.16. The van der Waals surface area contributed by atoms with Crippen LogP contribution in [0.1, 0.15) is 43.1 Å². The molecule has 6 nitrogen and oxygen atoms in total. The van der Waals surface area contributed by atoms with Crippen LogP contribution in [0.4, 0.5) is 0 Å². The maximum atomic E-state index is 12.4. The third-order valence-electron chi connectivity index (χ3n) is 4.25. The summed E-state index contributed by atoms with van der Waals surface area (Å²) in [4.78, 5) is 12.4. The molecule has 7 heteroatoms. The molecule has 3 aromatic rings. The zero-order chi connectivity index (χ0) is 16.9. The van der Waals surface area contributed by atoms with Crippen molar-refractivity contribution in [3.05, 3.63) is 24.0 Å². The maximum Gasteiger partial charge on any atom is 0.272 e. The molecule has 0 spiro atoms. The van der Waals surface area contributed by atoms with Crippen LogP contribution in [0.5, 0.6) is 0 Å². The van der Waals surface area contributed by atoms with Crippen molar-refractivity contribution in [1.29, 1.82) is 0 Å². The molecule has 0 aliphatic heterocycles. The molecule has 128 valence electrons. The number of nitrogens with one attached hydrogen (secondary N) is 2. The molecule has 24 heavy (non-hydrogen) atoms. The summed E-state index contributed by atoms with van der Waals surface area (Å²) in [6.45, 7) is 3.54. The van der Waals surface area contributed by atoms with Gasteiger partial charge >= 0.3 is 0 Å². The number of unbranched alkanes of at least 4 members (excludes halogenated alkanes) is 3. The predicted octanol–water partition coefficient (Wildman–Crippen LogP) is 3.15. The van der Waals surface area contributed by atoms with Crippen LogP contribution < -0.4 is 5.32 Å². The molecule has 0 saturated carbocycles. The summed E-state index contributed by atoms with van der Waals surface area (Å²) in [5.41, 5.74) is 2.36. The van der Waals surface area contributed by atoms with Gasteiger partial charge in [-0.3, -0.25) is 14.6 Å². The topological polar surface area (TPSA) is 75.6 Å². The van der Waals surface area contributed by atoms with Crippen molar-refractivity contribution in [2.75, 3.05) is 12.3 Å². The van der Waals surface area contributed by atoms with Crippen LogP contribution in [0.3, 0.4) is 0 Å². The first-order valence-electron chi connectivity index (χ1n) is 8.48. The SMILES string of the molecule is CCn1ncc2c3[nH]nc(C(=O)NCCCCCCS)c3ccc21. The summed E-state index contributed by atoms with van der Waals surface area (Å²) in [5.74, 6) is 0.798. The second-order valence-corrected chi connectivity index (χ2v) is 6.29. The number of aryl methyl sites for hydroxylation is 1. The van der Waals surface area contributed by atoms with Gasteiger partial charge in [0.2, 0.25) is 0 Å². The Morgan fingerprint density at radius 1 is 1.25 bits per heavy atom. The molecule has 0 fully saturated rings. The van der Waals surface area contributed by atoms with E-state index in [1.54, 1.807) is 0 Å². The lowest BCUT2D eigenvalue weighted by molar-refractivity contribution is 0.0949. The second-order valence-electron chi connectivity index (χ2n) is 5.85. The Labute approximate surface area is 146 Å². The highest BCUT2D eigenvalue weighted by Crippen LogP contribution is 2.25. The van der Waals surface area contributed by atoms with E-state index in [1.807, 2.05) is 23.0 Å². The van der Waals surface area contributed by atoms with E-state index >= 15 is 0 Å². The van der Waals surface area contributed by atoms with Crippen molar-refractivity contribution in [3.8, 4) is 0 Å². The Kier molecular flexibility index (Phi) is 5.40. The van der Waals surface area contributed by atoms with E-state index in [-0.39, 0.29) is 5.91 Å². The van der Waals surface area contributed by atoms with E-state index in [4.69, 9.17) is 0 Å². The van der Waals surface area contributed by atoms with Gasteiger partial charge in [-0.15, -0.1) is 0 Å². The van der Waals surface area contributed by atoms with Crippen molar-refractivity contribution in [2.45, 2.75) is 39.2 Å². The van der Waals surface area contributed by atoms with Crippen LogP contribution >= 0.6 is 12.6 Å². The quantitative estimate of drug-likeness (QED) is 0.434. The lowest BCUT2D eigenvalue weighted by Gasteiger charge is -2.03. The minimum Gasteiger partial charge on any atom is -0.351 e. The van der Waals surface area contributed by atoms with Gasteiger partial charge in [0.15, 0.2) is 5.69 Å². The van der Waals surface area contributed by atoms with Crippen molar-refractivity contribution >= 4 is 40.3 Å². The summed E-state index contributed by atoms with van der Waals surface area (Å²) in [7, 11) is 0. The molecule has 0 bridgehead atoms. The molecule has 0 aliphatic carbocycles. The van der Waals surface area contributed by atoms with Gasteiger partial charge in [-0.25, -0.2) is 0 Å². The number of hydrogen-bond acceptors (Lipinski definition) is 4. The number of carbonyl (C=O) groups excluding carboxylic acids is 1. The number of rotatable bonds is 8. The number of H-pyrrole nitrogens is 1.